The number of carbonyl (C=O) groups is 3. The minimum absolute atomic E-state index is 0.0898. The molecule has 0 aromatic heterocycles. The van der Waals surface area contributed by atoms with Gasteiger partial charge in [-0.15, -0.1) is 0 Å². The third kappa shape index (κ3) is 9.28. The lowest BCUT2D eigenvalue weighted by Gasteiger charge is -2.34. The molecule has 2 aliphatic rings. The maximum atomic E-state index is 11.1. The van der Waals surface area contributed by atoms with Crippen molar-refractivity contribution in [3.05, 3.63) is 0 Å². The van der Waals surface area contributed by atoms with Gasteiger partial charge in [-0.05, 0) is 0 Å². The van der Waals surface area contributed by atoms with Gasteiger partial charge in [0.1, 0.15) is 0 Å². The number of aliphatic hydroxyl groups is 1. The van der Waals surface area contributed by atoms with Crippen molar-refractivity contribution in [3.8, 4) is 0 Å². The second-order valence-corrected chi connectivity index (χ2v) is 10.5. The van der Waals surface area contributed by atoms with Gasteiger partial charge in [0.2, 0.25) is 20.0 Å². The van der Waals surface area contributed by atoms with Crippen molar-refractivity contribution < 1.29 is 51.6 Å². The fourth-order valence-corrected chi connectivity index (χ4v) is 4.46. The number of nitrogens with one attached hydrogen (secondary N) is 2. The average Bonchev–Trinajstić information content (AvgIpc) is 2.57. The van der Waals surface area contributed by atoms with Gasteiger partial charge in [0.25, 0.3) is 0 Å². The molecule has 6 N–H and O–H groups in total. The minimum Gasteiger partial charge on any atom is -0.481 e. The van der Waals surface area contributed by atoms with Gasteiger partial charge in [0.15, 0.2) is 5.60 Å². The van der Waals surface area contributed by atoms with Crippen LogP contribution in [0.25, 0.3) is 0 Å². The number of carboxylic acids is 3. The molecule has 0 spiro atoms. The lowest BCUT2D eigenvalue weighted by Crippen LogP contribution is -2.55. The van der Waals surface area contributed by atoms with Gasteiger partial charge in [0.05, 0.1) is 44.4 Å². The molecule has 0 aliphatic carbocycles. The van der Waals surface area contributed by atoms with E-state index in [-0.39, 0.29) is 24.8 Å². The lowest BCUT2D eigenvalue weighted by molar-refractivity contribution is -0.170. The first-order valence-electron chi connectivity index (χ1n) is 8.43. The Labute approximate surface area is 172 Å². The van der Waals surface area contributed by atoms with Crippen molar-refractivity contribution in [2.24, 2.45) is 0 Å². The van der Waals surface area contributed by atoms with Gasteiger partial charge < -0.3 is 20.4 Å². The molecule has 0 radical (unpaired) electrons. The van der Waals surface area contributed by atoms with E-state index in [1.165, 1.54) is 0 Å². The molecule has 0 amide bonds. The molecule has 15 nitrogen and oxygen atoms in total. The van der Waals surface area contributed by atoms with Crippen LogP contribution in [0.2, 0.25) is 0 Å². The third-order valence-corrected chi connectivity index (χ3v) is 6.63. The van der Waals surface area contributed by atoms with E-state index in [9.17, 15) is 31.2 Å². The van der Waals surface area contributed by atoms with Crippen LogP contribution < -0.4 is 9.44 Å². The highest BCUT2D eigenvalue weighted by molar-refractivity contribution is 7.89. The highest BCUT2D eigenvalue weighted by Crippen LogP contribution is 2.15. The zero-order valence-corrected chi connectivity index (χ0v) is 17.4. The van der Waals surface area contributed by atoms with Gasteiger partial charge in [0, 0.05) is 13.1 Å². The number of rotatable bonds is 7. The van der Waals surface area contributed by atoms with Crippen molar-refractivity contribution in [2.75, 3.05) is 44.6 Å². The number of sulfonamides is 2. The van der Waals surface area contributed by atoms with Crippen LogP contribution in [0, 0.1) is 0 Å². The molecule has 2 rings (SSSR count). The summed E-state index contributed by atoms with van der Waals surface area (Å²) >= 11 is 0. The van der Waals surface area contributed by atoms with Gasteiger partial charge in [-0.3, -0.25) is 19.4 Å². The monoisotopic (exact) mass is 476 g/mol. The maximum absolute atomic E-state index is 11.1. The van der Waals surface area contributed by atoms with Crippen LogP contribution >= 0.6 is 0 Å². The fourth-order valence-electron chi connectivity index (χ4n) is 2.42. The molecule has 174 valence electrons. The molecular formula is C13H24N4O11S2. The molecule has 0 saturated carbocycles. The zero-order chi connectivity index (χ0) is 23.2. The number of aliphatic carboxylic acids is 3. The maximum Gasteiger partial charge on any atom is 0.336 e. The summed E-state index contributed by atoms with van der Waals surface area (Å²) in [5, 5.41) is 33.8. The summed E-state index contributed by atoms with van der Waals surface area (Å²) in [6, 6.07) is 0. The normalized spacial score (nSPS) is 21.8. The van der Waals surface area contributed by atoms with Crippen LogP contribution in [0.4, 0.5) is 0 Å². The Balaban J connectivity index is 0.000000314. The number of hydrogen-bond donors (Lipinski definition) is 6. The Morgan fingerprint density at radius 1 is 0.800 bits per heavy atom. The standard InChI is InChI=1S/C7H16N4O4S2.C6H8O7/c12-16(13)3-1-10(5-8-16)7-11-2-4-17(14,15)9-6-11;7-3(8)1-6(13,5(11)12)2-4(9)10/h8-9H,1-7H2;13H,1-2H2,(H,7,8)(H,9,10)(H,11,12). The number of hydrogen-bond acceptors (Lipinski definition) is 10. The van der Waals surface area contributed by atoms with Crippen molar-refractivity contribution in [3.63, 3.8) is 0 Å². The molecule has 0 aromatic rings. The summed E-state index contributed by atoms with van der Waals surface area (Å²) in [5.74, 6) is -4.84. The van der Waals surface area contributed by atoms with E-state index in [0.29, 0.717) is 19.8 Å². The van der Waals surface area contributed by atoms with Gasteiger partial charge in [-0.2, -0.15) is 0 Å². The smallest absolute Gasteiger partial charge is 0.336 e. The summed E-state index contributed by atoms with van der Waals surface area (Å²) in [6.45, 7) is 2.07. The highest BCUT2D eigenvalue weighted by atomic mass is 32.2. The predicted molar refractivity (Wildman–Crippen MR) is 98.9 cm³/mol. The second kappa shape index (κ2) is 10.4. The molecule has 2 fully saturated rings. The molecule has 0 unspecified atom stereocenters. The number of carboxylic acid groups (broad SMARTS) is 3. The minimum atomic E-state index is -3.10. The average molecular weight is 476 g/mol. The molecule has 0 aromatic carbocycles. The van der Waals surface area contributed by atoms with E-state index in [0.717, 1.165) is 0 Å². The van der Waals surface area contributed by atoms with Gasteiger partial charge in [-0.25, -0.2) is 31.1 Å². The van der Waals surface area contributed by atoms with Crippen molar-refractivity contribution in [1.82, 2.24) is 19.2 Å². The molecule has 17 heteroatoms. The van der Waals surface area contributed by atoms with Crippen LogP contribution in [0.1, 0.15) is 12.8 Å². The molecule has 0 bridgehead atoms. The van der Waals surface area contributed by atoms with E-state index >= 15 is 0 Å². The summed E-state index contributed by atoms with van der Waals surface area (Å²) < 4.78 is 49.4. The predicted octanol–water partition coefficient (Wildman–Crippen LogP) is -3.92. The Morgan fingerprint density at radius 3 is 1.40 bits per heavy atom. The van der Waals surface area contributed by atoms with Crippen molar-refractivity contribution >= 4 is 38.0 Å². The zero-order valence-electron chi connectivity index (χ0n) is 15.7. The Kier molecular flexibility index (Phi) is 9.08. The summed E-state index contributed by atoms with van der Waals surface area (Å²) in [7, 11) is -6.19. The van der Waals surface area contributed by atoms with Gasteiger partial charge in [-0.1, -0.05) is 0 Å². The first-order valence-corrected chi connectivity index (χ1v) is 11.7. The Hall–Kier alpha value is -1.89. The van der Waals surface area contributed by atoms with E-state index in [4.69, 9.17) is 20.4 Å². The van der Waals surface area contributed by atoms with Crippen LogP contribution in [0.3, 0.4) is 0 Å². The van der Waals surface area contributed by atoms with Crippen molar-refractivity contribution in [2.45, 2.75) is 18.4 Å². The van der Waals surface area contributed by atoms with E-state index in [2.05, 4.69) is 9.44 Å². The highest BCUT2D eigenvalue weighted by Gasteiger charge is 2.40. The second-order valence-electron chi connectivity index (χ2n) is 6.65. The fraction of sp³-hybridized carbons (Fsp3) is 0.769. The molecule has 0 atom stereocenters. The van der Waals surface area contributed by atoms with E-state index < -0.39 is 56.4 Å². The summed E-state index contributed by atoms with van der Waals surface area (Å²) in [5.41, 5.74) is -2.74. The molecule has 30 heavy (non-hydrogen) atoms. The molecule has 2 aliphatic heterocycles. The van der Waals surface area contributed by atoms with E-state index in [1.807, 2.05) is 9.80 Å². The topological polar surface area (TPSA) is 231 Å². The summed E-state index contributed by atoms with van der Waals surface area (Å²) in [6.07, 6.45) is -2.29. The SMILES string of the molecule is O=C(O)CC(O)(CC(=O)O)C(=O)O.O=S1(=O)CCN(CN2CCS(=O)(=O)NC2)CN1. The Morgan fingerprint density at radius 2 is 1.17 bits per heavy atom. The number of nitrogens with zero attached hydrogens (tertiary/aromatic N) is 2. The Bertz CT molecular complexity index is 770. The molecule has 2 saturated heterocycles. The van der Waals surface area contributed by atoms with Crippen LogP contribution in [-0.4, -0.2) is 115 Å². The van der Waals surface area contributed by atoms with Gasteiger partial charge >= 0.3 is 17.9 Å². The van der Waals surface area contributed by atoms with Crippen molar-refractivity contribution in [1.29, 1.82) is 0 Å². The largest absolute Gasteiger partial charge is 0.481 e. The van der Waals surface area contributed by atoms with E-state index in [1.54, 1.807) is 0 Å². The first-order chi connectivity index (χ1) is 13.6. The van der Waals surface area contributed by atoms with Crippen LogP contribution in [0.15, 0.2) is 0 Å². The lowest BCUT2D eigenvalue weighted by atomic mass is 9.96. The quantitative estimate of drug-likeness (QED) is 0.206. The van der Waals surface area contributed by atoms with Crippen LogP contribution in [0.5, 0.6) is 0 Å². The van der Waals surface area contributed by atoms with Crippen LogP contribution in [-0.2, 0) is 34.4 Å². The third-order valence-electron chi connectivity index (χ3n) is 4.05. The first kappa shape index (κ1) is 26.1. The summed E-state index contributed by atoms with van der Waals surface area (Å²) in [4.78, 5) is 34.3. The molecule has 2 heterocycles. The molecular weight excluding hydrogens is 452 g/mol.